The zero-order chi connectivity index (χ0) is 21.0. The highest BCUT2D eigenvalue weighted by Gasteiger charge is 2.27. The predicted octanol–water partition coefficient (Wildman–Crippen LogP) is 2.46. The van der Waals surface area contributed by atoms with Crippen molar-refractivity contribution in [3.63, 3.8) is 0 Å². The summed E-state index contributed by atoms with van der Waals surface area (Å²) in [6.07, 6.45) is 1.08. The van der Waals surface area contributed by atoms with Crippen LogP contribution in [0.2, 0.25) is 5.02 Å². The summed E-state index contributed by atoms with van der Waals surface area (Å²) in [5.74, 6) is 0.197. The molecule has 9 heteroatoms. The maximum Gasteiger partial charge on any atom is 0.243 e. The summed E-state index contributed by atoms with van der Waals surface area (Å²) in [4.78, 5) is 16.7. The van der Waals surface area contributed by atoms with E-state index in [0.29, 0.717) is 37.6 Å². The second-order valence-electron chi connectivity index (χ2n) is 6.79. The fourth-order valence-corrected chi connectivity index (χ4v) is 4.38. The molecule has 0 saturated carbocycles. The van der Waals surface area contributed by atoms with Crippen LogP contribution in [0.25, 0.3) is 0 Å². The van der Waals surface area contributed by atoms with Gasteiger partial charge in [0.15, 0.2) is 0 Å². The van der Waals surface area contributed by atoms with E-state index in [0.717, 1.165) is 16.2 Å². The number of halogens is 1. The molecule has 1 heterocycles. The van der Waals surface area contributed by atoms with Gasteiger partial charge in [0.2, 0.25) is 15.9 Å². The molecule has 29 heavy (non-hydrogen) atoms. The lowest BCUT2D eigenvalue weighted by molar-refractivity contribution is -0.129. The highest BCUT2D eigenvalue weighted by Crippen LogP contribution is 2.30. The Balaban J connectivity index is 1.69. The number of para-hydroxylation sites is 1. The summed E-state index contributed by atoms with van der Waals surface area (Å²) in [6, 6.07) is 14.7. The molecule has 1 aliphatic heterocycles. The molecule has 156 valence electrons. The number of sulfonamides is 1. The summed E-state index contributed by atoms with van der Waals surface area (Å²) < 4.78 is 30.8. The Morgan fingerprint density at radius 3 is 2.31 bits per heavy atom. The number of amides is 1. The minimum atomic E-state index is -3.67. The summed E-state index contributed by atoms with van der Waals surface area (Å²) in [6.45, 7) is 2.20. The second-order valence-corrected chi connectivity index (χ2v) is 9.11. The van der Waals surface area contributed by atoms with Crippen LogP contribution in [-0.2, 0) is 14.8 Å². The number of hydrogen-bond donors (Lipinski definition) is 0. The number of carbonyl (C=O) groups is 1. The lowest BCUT2D eigenvalue weighted by Crippen LogP contribution is -2.52. The standard InChI is InChI=1S/C20H24ClN3O4S/c1-28-19-9-8-17(14-18(19)21)24(29(2,26)27)15-20(25)23-12-10-22(11-13-23)16-6-4-3-5-7-16/h3-9,14H,10-13,15H2,1-2H3. The number of piperazine rings is 1. The molecule has 0 atom stereocenters. The SMILES string of the molecule is COc1ccc(N(CC(=O)N2CCN(c3ccccc3)CC2)S(C)(=O)=O)cc1Cl. The fraction of sp³-hybridized carbons (Fsp3) is 0.350. The summed E-state index contributed by atoms with van der Waals surface area (Å²) in [5, 5.41) is 0.280. The molecule has 3 rings (SSSR count). The first kappa shape index (κ1) is 21.3. The largest absolute Gasteiger partial charge is 0.495 e. The Bertz CT molecular complexity index is 961. The van der Waals surface area contributed by atoms with Crippen LogP contribution in [0.3, 0.4) is 0 Å². The quantitative estimate of drug-likeness (QED) is 0.694. The minimum Gasteiger partial charge on any atom is -0.495 e. The summed E-state index contributed by atoms with van der Waals surface area (Å²) in [7, 11) is -2.19. The van der Waals surface area contributed by atoms with Crippen LogP contribution in [0.4, 0.5) is 11.4 Å². The van der Waals surface area contributed by atoms with E-state index in [2.05, 4.69) is 4.90 Å². The molecule has 0 bridgehead atoms. The number of nitrogens with zero attached hydrogens (tertiary/aromatic N) is 3. The lowest BCUT2D eigenvalue weighted by atomic mass is 10.2. The number of ether oxygens (including phenoxy) is 1. The van der Waals surface area contributed by atoms with Gasteiger partial charge < -0.3 is 14.5 Å². The molecule has 0 spiro atoms. The molecule has 1 amide bonds. The zero-order valence-corrected chi connectivity index (χ0v) is 18.0. The maximum absolute atomic E-state index is 12.8. The third-order valence-electron chi connectivity index (χ3n) is 4.86. The van der Waals surface area contributed by atoms with Crippen molar-refractivity contribution in [2.45, 2.75) is 0 Å². The molecule has 2 aromatic carbocycles. The Morgan fingerprint density at radius 2 is 1.76 bits per heavy atom. The Morgan fingerprint density at radius 1 is 1.10 bits per heavy atom. The van der Waals surface area contributed by atoms with Crippen molar-refractivity contribution < 1.29 is 17.9 Å². The summed E-state index contributed by atoms with van der Waals surface area (Å²) >= 11 is 6.14. The van der Waals surface area contributed by atoms with Crippen LogP contribution in [0.5, 0.6) is 5.75 Å². The fourth-order valence-electron chi connectivity index (χ4n) is 3.29. The van der Waals surface area contributed by atoms with Crippen LogP contribution >= 0.6 is 11.6 Å². The van der Waals surface area contributed by atoms with Crippen LogP contribution in [-0.4, -0.2) is 65.3 Å². The minimum absolute atomic E-state index is 0.241. The average molecular weight is 438 g/mol. The molecular formula is C20H24ClN3O4S. The van der Waals surface area contributed by atoms with Crippen molar-refractivity contribution >= 4 is 38.9 Å². The maximum atomic E-state index is 12.8. The monoisotopic (exact) mass is 437 g/mol. The molecule has 2 aromatic rings. The van der Waals surface area contributed by atoms with Crippen molar-refractivity contribution in [2.75, 3.05) is 55.3 Å². The van der Waals surface area contributed by atoms with Crippen molar-refractivity contribution in [2.24, 2.45) is 0 Å². The van der Waals surface area contributed by atoms with E-state index in [1.165, 1.54) is 13.2 Å². The smallest absolute Gasteiger partial charge is 0.243 e. The van der Waals surface area contributed by atoms with Crippen molar-refractivity contribution in [1.29, 1.82) is 0 Å². The first-order chi connectivity index (χ1) is 13.8. The van der Waals surface area contributed by atoms with Gasteiger partial charge in [0.1, 0.15) is 12.3 Å². The third kappa shape index (κ3) is 5.13. The molecule has 0 aliphatic carbocycles. The van der Waals surface area contributed by atoms with Crippen LogP contribution in [0, 0.1) is 0 Å². The molecule has 0 N–H and O–H groups in total. The predicted molar refractivity (Wildman–Crippen MR) is 115 cm³/mol. The number of rotatable bonds is 6. The number of methoxy groups -OCH3 is 1. The van der Waals surface area contributed by atoms with E-state index >= 15 is 0 Å². The third-order valence-corrected chi connectivity index (χ3v) is 6.29. The van der Waals surface area contributed by atoms with Crippen molar-refractivity contribution in [3.8, 4) is 5.75 Å². The molecule has 0 radical (unpaired) electrons. The molecular weight excluding hydrogens is 414 g/mol. The van der Waals surface area contributed by atoms with Gasteiger partial charge in [-0.25, -0.2) is 8.42 Å². The van der Waals surface area contributed by atoms with Gasteiger partial charge in [-0.1, -0.05) is 29.8 Å². The Kier molecular flexibility index (Phi) is 6.54. The van der Waals surface area contributed by atoms with Gasteiger partial charge in [0.25, 0.3) is 0 Å². The van der Waals surface area contributed by atoms with Crippen LogP contribution in [0.15, 0.2) is 48.5 Å². The van der Waals surface area contributed by atoms with Crippen LogP contribution in [0.1, 0.15) is 0 Å². The van der Waals surface area contributed by atoms with E-state index in [1.54, 1.807) is 17.0 Å². The van der Waals surface area contributed by atoms with Crippen molar-refractivity contribution in [1.82, 2.24) is 4.90 Å². The summed E-state index contributed by atoms with van der Waals surface area (Å²) in [5.41, 5.74) is 1.44. The van der Waals surface area contributed by atoms with Gasteiger partial charge in [-0.3, -0.25) is 9.10 Å². The average Bonchev–Trinajstić information content (AvgIpc) is 2.71. The highest BCUT2D eigenvalue weighted by atomic mass is 35.5. The van der Waals surface area contributed by atoms with E-state index < -0.39 is 10.0 Å². The van der Waals surface area contributed by atoms with E-state index in [9.17, 15) is 13.2 Å². The van der Waals surface area contributed by atoms with Gasteiger partial charge in [0, 0.05) is 31.9 Å². The molecule has 0 unspecified atom stereocenters. The molecule has 0 aromatic heterocycles. The number of benzene rings is 2. The molecule has 1 aliphatic rings. The van der Waals surface area contributed by atoms with Gasteiger partial charge in [-0.2, -0.15) is 0 Å². The van der Waals surface area contributed by atoms with Crippen molar-refractivity contribution in [3.05, 3.63) is 53.6 Å². The van der Waals surface area contributed by atoms with Gasteiger partial charge in [-0.15, -0.1) is 0 Å². The van der Waals surface area contributed by atoms with Crippen LogP contribution < -0.4 is 13.9 Å². The zero-order valence-electron chi connectivity index (χ0n) is 16.4. The van der Waals surface area contributed by atoms with Gasteiger partial charge >= 0.3 is 0 Å². The molecule has 1 saturated heterocycles. The normalized spacial score (nSPS) is 14.6. The van der Waals surface area contributed by atoms with E-state index in [-0.39, 0.29) is 17.5 Å². The topological polar surface area (TPSA) is 70.2 Å². The van der Waals surface area contributed by atoms with Gasteiger partial charge in [0.05, 0.1) is 24.1 Å². The number of hydrogen-bond acceptors (Lipinski definition) is 5. The molecule has 7 nitrogen and oxygen atoms in total. The Labute approximate surface area is 176 Å². The van der Waals surface area contributed by atoms with E-state index in [1.807, 2.05) is 30.3 Å². The van der Waals surface area contributed by atoms with Gasteiger partial charge in [-0.05, 0) is 30.3 Å². The molecule has 1 fully saturated rings. The lowest BCUT2D eigenvalue weighted by Gasteiger charge is -2.37. The first-order valence-corrected chi connectivity index (χ1v) is 11.4. The Hall–Kier alpha value is -2.45. The second kappa shape index (κ2) is 8.92. The number of carbonyl (C=O) groups excluding carboxylic acids is 1. The highest BCUT2D eigenvalue weighted by molar-refractivity contribution is 7.92. The van der Waals surface area contributed by atoms with E-state index in [4.69, 9.17) is 16.3 Å². The number of anilines is 2. The first-order valence-electron chi connectivity index (χ1n) is 9.18.